The fourth-order valence-corrected chi connectivity index (χ4v) is 5.02. The molecule has 164 valence electrons. The Morgan fingerprint density at radius 1 is 0.812 bits per heavy atom. The molecule has 0 bridgehead atoms. The van der Waals surface area contributed by atoms with Gasteiger partial charge in [0.25, 0.3) is 0 Å². The monoisotopic (exact) mass is 434 g/mol. The van der Waals surface area contributed by atoms with E-state index in [1.54, 1.807) is 10.7 Å². The van der Waals surface area contributed by atoms with Gasteiger partial charge in [0.05, 0.1) is 17.8 Å². The molecular formula is C27H25F3N2. The van der Waals surface area contributed by atoms with Crippen LogP contribution < -0.4 is 0 Å². The van der Waals surface area contributed by atoms with Crippen LogP contribution in [0.3, 0.4) is 0 Å². The number of fused-ring (bicyclic) bond motifs is 1. The van der Waals surface area contributed by atoms with Gasteiger partial charge in [-0.15, -0.1) is 0 Å². The number of alkyl halides is 3. The zero-order valence-electron chi connectivity index (χ0n) is 17.8. The Morgan fingerprint density at radius 2 is 1.53 bits per heavy atom. The molecule has 0 spiro atoms. The van der Waals surface area contributed by atoms with Crippen LogP contribution in [0.5, 0.6) is 0 Å². The quantitative estimate of drug-likeness (QED) is 0.320. The standard InChI is InChI=1S/C27H25F3N2/c28-27(29,30)24-17-9-16-23-25(24)31-32(18-19-10-3-1-4-11-19)26(23)22-15-8-7-14-21(22)20-12-5-2-6-13-20/h1,3-4,7-11,14-17,20H,2,5-6,12-13,18H2. The number of aromatic nitrogens is 2. The van der Waals surface area contributed by atoms with Crippen molar-refractivity contribution in [1.82, 2.24) is 9.78 Å². The van der Waals surface area contributed by atoms with E-state index in [-0.39, 0.29) is 5.52 Å². The topological polar surface area (TPSA) is 17.8 Å². The number of rotatable bonds is 4. The first-order valence-corrected chi connectivity index (χ1v) is 11.2. The molecule has 1 aromatic heterocycles. The summed E-state index contributed by atoms with van der Waals surface area (Å²) in [5, 5.41) is 5.09. The largest absolute Gasteiger partial charge is 0.418 e. The van der Waals surface area contributed by atoms with Crippen molar-refractivity contribution in [2.75, 3.05) is 0 Å². The van der Waals surface area contributed by atoms with Gasteiger partial charge in [0, 0.05) is 10.9 Å². The van der Waals surface area contributed by atoms with E-state index in [4.69, 9.17) is 0 Å². The molecule has 1 heterocycles. The molecule has 5 heteroatoms. The highest BCUT2D eigenvalue weighted by Crippen LogP contribution is 2.42. The Bertz CT molecular complexity index is 1220. The normalized spacial score (nSPS) is 15.3. The van der Waals surface area contributed by atoms with Gasteiger partial charge in [-0.1, -0.05) is 86.0 Å². The van der Waals surface area contributed by atoms with Gasteiger partial charge in [0.1, 0.15) is 5.52 Å². The van der Waals surface area contributed by atoms with Gasteiger partial charge < -0.3 is 0 Å². The van der Waals surface area contributed by atoms with E-state index >= 15 is 0 Å². The lowest BCUT2D eigenvalue weighted by Gasteiger charge is -2.24. The Labute approximate surface area is 185 Å². The van der Waals surface area contributed by atoms with Gasteiger partial charge in [-0.05, 0) is 36.0 Å². The molecule has 0 aliphatic heterocycles. The molecule has 1 fully saturated rings. The van der Waals surface area contributed by atoms with E-state index in [2.05, 4.69) is 11.2 Å². The molecule has 4 aromatic rings. The van der Waals surface area contributed by atoms with Crippen LogP contribution in [0.15, 0.2) is 72.8 Å². The van der Waals surface area contributed by atoms with Gasteiger partial charge in [0.15, 0.2) is 0 Å². The number of benzene rings is 3. The van der Waals surface area contributed by atoms with E-state index < -0.39 is 11.7 Å². The van der Waals surface area contributed by atoms with E-state index in [0.717, 1.165) is 35.7 Å². The summed E-state index contributed by atoms with van der Waals surface area (Å²) in [6.45, 7) is 0.418. The number of hydrogen-bond donors (Lipinski definition) is 0. The second-order valence-electron chi connectivity index (χ2n) is 8.61. The first-order chi connectivity index (χ1) is 15.5. The predicted molar refractivity (Wildman–Crippen MR) is 122 cm³/mol. The fraction of sp³-hybridized carbons (Fsp3) is 0.296. The molecule has 0 N–H and O–H groups in total. The Balaban J connectivity index is 1.74. The minimum atomic E-state index is -4.45. The van der Waals surface area contributed by atoms with Gasteiger partial charge in [-0.25, -0.2) is 0 Å². The smallest absolute Gasteiger partial charge is 0.259 e. The van der Waals surface area contributed by atoms with Crippen LogP contribution in [0.4, 0.5) is 13.2 Å². The molecule has 0 saturated heterocycles. The van der Waals surface area contributed by atoms with Crippen LogP contribution in [0.1, 0.15) is 54.7 Å². The average Bonchev–Trinajstić information content (AvgIpc) is 3.17. The van der Waals surface area contributed by atoms with Crippen LogP contribution in [0, 0.1) is 0 Å². The molecule has 1 aliphatic carbocycles. The zero-order chi connectivity index (χ0) is 22.1. The lowest BCUT2D eigenvalue weighted by atomic mass is 9.81. The van der Waals surface area contributed by atoms with Crippen molar-refractivity contribution in [2.24, 2.45) is 0 Å². The van der Waals surface area contributed by atoms with Crippen molar-refractivity contribution < 1.29 is 13.2 Å². The Kier molecular flexibility index (Phi) is 5.50. The first kappa shape index (κ1) is 20.8. The lowest BCUT2D eigenvalue weighted by molar-refractivity contribution is -0.136. The maximum atomic E-state index is 13.8. The summed E-state index contributed by atoms with van der Waals surface area (Å²) in [5.74, 6) is 0.431. The number of hydrogen-bond acceptors (Lipinski definition) is 1. The molecule has 32 heavy (non-hydrogen) atoms. The SMILES string of the molecule is FC(F)(F)c1cccc2c(-c3ccccc3C3CCCCC3)n(Cc3ccccc3)nc12. The van der Waals surface area contributed by atoms with Crippen molar-refractivity contribution in [3.8, 4) is 11.3 Å². The summed E-state index contributed by atoms with van der Waals surface area (Å²) in [5.41, 5.74) is 3.34. The molecule has 1 aliphatic rings. The van der Waals surface area contributed by atoms with Crippen LogP contribution in [-0.4, -0.2) is 9.78 Å². The van der Waals surface area contributed by atoms with Crippen LogP contribution in [-0.2, 0) is 12.7 Å². The molecule has 0 unspecified atom stereocenters. The van der Waals surface area contributed by atoms with Crippen LogP contribution >= 0.6 is 0 Å². The van der Waals surface area contributed by atoms with Crippen LogP contribution in [0.25, 0.3) is 22.2 Å². The molecule has 0 atom stereocenters. The predicted octanol–water partition coefficient (Wildman–Crippen LogP) is 7.82. The molecule has 5 rings (SSSR count). The third-order valence-corrected chi connectivity index (χ3v) is 6.51. The highest BCUT2D eigenvalue weighted by atomic mass is 19.4. The summed E-state index contributed by atoms with van der Waals surface area (Å²) in [6.07, 6.45) is 1.43. The molecule has 2 nitrogen and oxygen atoms in total. The van der Waals surface area contributed by atoms with Gasteiger partial charge >= 0.3 is 6.18 Å². The van der Waals surface area contributed by atoms with E-state index in [0.29, 0.717) is 17.8 Å². The Morgan fingerprint density at radius 3 is 2.28 bits per heavy atom. The number of halogens is 3. The maximum Gasteiger partial charge on any atom is 0.418 e. The summed E-state index contributed by atoms with van der Waals surface area (Å²) in [7, 11) is 0. The van der Waals surface area contributed by atoms with Crippen molar-refractivity contribution in [3.05, 3.63) is 89.5 Å². The third kappa shape index (κ3) is 3.92. The van der Waals surface area contributed by atoms with E-state index in [1.165, 1.54) is 30.9 Å². The van der Waals surface area contributed by atoms with Gasteiger partial charge in [-0.2, -0.15) is 18.3 Å². The maximum absolute atomic E-state index is 13.8. The summed E-state index contributed by atoms with van der Waals surface area (Å²) in [4.78, 5) is 0. The molecular weight excluding hydrogens is 409 g/mol. The van der Waals surface area contributed by atoms with E-state index in [1.807, 2.05) is 48.5 Å². The highest BCUT2D eigenvalue weighted by Gasteiger charge is 2.35. The highest BCUT2D eigenvalue weighted by molar-refractivity contribution is 5.96. The second-order valence-corrected chi connectivity index (χ2v) is 8.61. The minimum Gasteiger partial charge on any atom is -0.259 e. The first-order valence-electron chi connectivity index (χ1n) is 11.2. The fourth-order valence-electron chi connectivity index (χ4n) is 5.02. The lowest BCUT2D eigenvalue weighted by Crippen LogP contribution is -2.09. The molecule has 3 aromatic carbocycles. The van der Waals surface area contributed by atoms with Crippen molar-refractivity contribution in [2.45, 2.75) is 50.7 Å². The van der Waals surface area contributed by atoms with Crippen molar-refractivity contribution in [3.63, 3.8) is 0 Å². The minimum absolute atomic E-state index is 0.0179. The second kappa shape index (κ2) is 8.45. The molecule has 0 radical (unpaired) electrons. The van der Waals surface area contributed by atoms with Crippen molar-refractivity contribution in [1.29, 1.82) is 0 Å². The number of nitrogens with zero attached hydrogens (tertiary/aromatic N) is 2. The van der Waals surface area contributed by atoms with Crippen molar-refractivity contribution >= 4 is 10.9 Å². The average molecular weight is 435 g/mol. The third-order valence-electron chi connectivity index (χ3n) is 6.51. The van der Waals surface area contributed by atoms with Gasteiger partial charge in [-0.3, -0.25) is 4.68 Å². The van der Waals surface area contributed by atoms with Crippen LogP contribution in [0.2, 0.25) is 0 Å². The summed E-state index contributed by atoms with van der Waals surface area (Å²) < 4.78 is 43.2. The molecule has 0 amide bonds. The van der Waals surface area contributed by atoms with E-state index in [9.17, 15) is 13.2 Å². The molecule has 1 saturated carbocycles. The summed E-state index contributed by atoms with van der Waals surface area (Å²) >= 11 is 0. The Hall–Kier alpha value is -3.08. The summed E-state index contributed by atoms with van der Waals surface area (Å²) in [6, 6.07) is 22.4. The van der Waals surface area contributed by atoms with Gasteiger partial charge in [0.2, 0.25) is 0 Å². The zero-order valence-corrected chi connectivity index (χ0v) is 17.8.